The summed E-state index contributed by atoms with van der Waals surface area (Å²) in [5, 5.41) is 9.18. The molecule has 0 saturated carbocycles. The molecule has 0 aromatic heterocycles. The fourth-order valence-electron chi connectivity index (χ4n) is 1.47. The number of carboxylic acids is 1. The van der Waals surface area contributed by atoms with Crippen molar-refractivity contribution in [3.05, 3.63) is 32.4 Å². The molecule has 1 aromatic rings. The number of esters is 1. The van der Waals surface area contributed by atoms with Crippen LogP contribution in [0.2, 0.25) is 0 Å². The van der Waals surface area contributed by atoms with E-state index in [1.165, 1.54) is 7.11 Å². The summed E-state index contributed by atoms with van der Waals surface area (Å²) in [7, 11) is 1.28. The van der Waals surface area contributed by atoms with Gasteiger partial charge in [0.15, 0.2) is 0 Å². The van der Waals surface area contributed by atoms with Gasteiger partial charge in [0.25, 0.3) is 0 Å². The van der Waals surface area contributed by atoms with Gasteiger partial charge in [-0.2, -0.15) is 0 Å². The van der Waals surface area contributed by atoms with Crippen LogP contribution in [-0.4, -0.2) is 24.2 Å². The molecule has 0 spiro atoms. The lowest BCUT2D eigenvalue weighted by atomic mass is 9.85. The first-order chi connectivity index (χ1) is 8.18. The average molecular weight is 362 g/mol. The summed E-state index contributed by atoms with van der Waals surface area (Å²) in [5.41, 5.74) is 0.976. The number of carbonyl (C=O) groups excluding carboxylic acids is 1. The molecule has 98 valence electrons. The number of aromatic carboxylic acids is 1. The van der Waals surface area contributed by atoms with Gasteiger partial charge in [0.1, 0.15) is 0 Å². The Morgan fingerprint density at radius 1 is 1.22 bits per heavy atom. The number of carboxylic acid groups (broad SMARTS) is 1. The van der Waals surface area contributed by atoms with Gasteiger partial charge in [0.2, 0.25) is 0 Å². The second-order valence-corrected chi connectivity index (χ2v) is 6.01. The number of carbonyl (C=O) groups is 2. The van der Waals surface area contributed by atoms with E-state index in [4.69, 9.17) is 0 Å². The van der Waals surface area contributed by atoms with E-state index >= 15 is 0 Å². The molecule has 0 amide bonds. The highest BCUT2D eigenvalue weighted by molar-refractivity contribution is 14.1. The van der Waals surface area contributed by atoms with Crippen molar-refractivity contribution in [1.82, 2.24) is 0 Å². The van der Waals surface area contributed by atoms with E-state index in [1.807, 2.05) is 43.4 Å². The van der Waals surface area contributed by atoms with Gasteiger partial charge in [-0.25, -0.2) is 9.59 Å². The zero-order valence-electron chi connectivity index (χ0n) is 10.7. The number of rotatable bonds is 2. The van der Waals surface area contributed by atoms with Crippen molar-refractivity contribution in [1.29, 1.82) is 0 Å². The Bertz CT molecular complexity index is 500. The average Bonchev–Trinajstić information content (AvgIpc) is 2.26. The number of methoxy groups -OCH3 is 1. The Balaban J connectivity index is 3.57. The summed E-state index contributed by atoms with van der Waals surface area (Å²) >= 11 is 1.86. The first-order valence-electron chi connectivity index (χ1n) is 5.34. The minimum Gasteiger partial charge on any atom is -0.478 e. The van der Waals surface area contributed by atoms with E-state index in [0.717, 1.165) is 5.56 Å². The summed E-state index contributed by atoms with van der Waals surface area (Å²) in [5.74, 6) is -1.57. The first kappa shape index (κ1) is 14.9. The molecule has 1 rings (SSSR count). The number of hydrogen-bond acceptors (Lipinski definition) is 3. The standard InChI is InChI=1S/C13H15IO4/c1-13(2,3)7-5-8(11(15)16)10(14)9(6-7)12(17)18-4/h5-6H,1-4H3,(H,15,16). The predicted molar refractivity (Wildman–Crippen MR) is 76.2 cm³/mol. The number of halogens is 1. The van der Waals surface area contributed by atoms with Crippen LogP contribution in [0.4, 0.5) is 0 Å². The van der Waals surface area contributed by atoms with Gasteiger partial charge in [-0.05, 0) is 45.7 Å². The smallest absolute Gasteiger partial charge is 0.338 e. The molecule has 0 aliphatic rings. The molecule has 0 atom stereocenters. The molecule has 1 aromatic carbocycles. The second-order valence-electron chi connectivity index (χ2n) is 4.93. The second kappa shape index (κ2) is 5.26. The van der Waals surface area contributed by atoms with Gasteiger partial charge >= 0.3 is 11.9 Å². The molecule has 0 unspecified atom stereocenters. The Hall–Kier alpha value is -1.11. The van der Waals surface area contributed by atoms with Crippen LogP contribution in [0.5, 0.6) is 0 Å². The predicted octanol–water partition coefficient (Wildman–Crippen LogP) is 3.07. The number of benzene rings is 1. The summed E-state index contributed by atoms with van der Waals surface area (Å²) in [6.07, 6.45) is 0. The third-order valence-electron chi connectivity index (χ3n) is 2.57. The summed E-state index contributed by atoms with van der Waals surface area (Å²) < 4.78 is 5.09. The highest BCUT2D eigenvalue weighted by Crippen LogP contribution is 2.28. The van der Waals surface area contributed by atoms with Crippen molar-refractivity contribution in [3.63, 3.8) is 0 Å². The van der Waals surface area contributed by atoms with Gasteiger partial charge in [-0.15, -0.1) is 0 Å². The number of hydrogen-bond donors (Lipinski definition) is 1. The van der Waals surface area contributed by atoms with Gasteiger partial charge in [-0.3, -0.25) is 0 Å². The lowest BCUT2D eigenvalue weighted by molar-refractivity contribution is 0.0599. The topological polar surface area (TPSA) is 63.6 Å². The molecule has 5 heteroatoms. The van der Waals surface area contributed by atoms with Crippen molar-refractivity contribution < 1.29 is 19.4 Å². The highest BCUT2D eigenvalue weighted by atomic mass is 127. The van der Waals surface area contributed by atoms with E-state index in [9.17, 15) is 14.7 Å². The van der Waals surface area contributed by atoms with E-state index < -0.39 is 11.9 Å². The van der Waals surface area contributed by atoms with Gasteiger partial charge in [0.05, 0.1) is 18.2 Å². The normalized spacial score (nSPS) is 11.2. The van der Waals surface area contributed by atoms with Crippen molar-refractivity contribution in [2.24, 2.45) is 0 Å². The maximum Gasteiger partial charge on any atom is 0.338 e. The van der Waals surface area contributed by atoms with E-state index in [0.29, 0.717) is 9.13 Å². The van der Waals surface area contributed by atoms with E-state index in [1.54, 1.807) is 12.1 Å². The largest absolute Gasteiger partial charge is 0.478 e. The molecule has 0 aliphatic carbocycles. The Labute approximate surface area is 119 Å². The Morgan fingerprint density at radius 2 is 1.72 bits per heavy atom. The maximum atomic E-state index is 11.7. The number of ether oxygens (including phenoxy) is 1. The van der Waals surface area contributed by atoms with Gasteiger partial charge in [0, 0.05) is 3.57 Å². The van der Waals surface area contributed by atoms with Crippen LogP contribution in [0.15, 0.2) is 12.1 Å². The summed E-state index contributed by atoms with van der Waals surface area (Å²) in [4.78, 5) is 22.9. The van der Waals surface area contributed by atoms with Crippen LogP contribution in [0, 0.1) is 3.57 Å². The van der Waals surface area contributed by atoms with Crippen LogP contribution in [0.3, 0.4) is 0 Å². The molecular formula is C13H15IO4. The van der Waals surface area contributed by atoms with Gasteiger partial charge in [-0.1, -0.05) is 20.8 Å². The minimum absolute atomic E-state index is 0.128. The molecule has 1 N–H and O–H groups in total. The molecule has 0 fully saturated rings. The minimum atomic E-state index is -1.05. The lowest BCUT2D eigenvalue weighted by Crippen LogP contribution is -2.17. The van der Waals surface area contributed by atoms with E-state index in [2.05, 4.69) is 4.74 Å². The Kier molecular flexibility index (Phi) is 4.37. The molecule has 4 nitrogen and oxygen atoms in total. The SMILES string of the molecule is COC(=O)c1cc(C(C)(C)C)cc(C(=O)O)c1I. The third kappa shape index (κ3) is 3.01. The molecule has 0 aliphatic heterocycles. The molecular weight excluding hydrogens is 347 g/mol. The van der Waals surface area contributed by atoms with Crippen LogP contribution in [0.1, 0.15) is 47.1 Å². The Morgan fingerprint density at radius 3 is 2.11 bits per heavy atom. The fraction of sp³-hybridized carbons (Fsp3) is 0.385. The summed E-state index contributed by atoms with van der Waals surface area (Å²) in [6.45, 7) is 5.88. The molecule has 0 bridgehead atoms. The quantitative estimate of drug-likeness (QED) is 0.649. The van der Waals surface area contributed by atoms with E-state index in [-0.39, 0.29) is 11.0 Å². The molecule has 0 radical (unpaired) electrons. The summed E-state index contributed by atoms with van der Waals surface area (Å²) in [6, 6.07) is 3.30. The molecule has 0 heterocycles. The van der Waals surface area contributed by atoms with Crippen LogP contribution >= 0.6 is 22.6 Å². The van der Waals surface area contributed by atoms with Crippen LogP contribution in [0.25, 0.3) is 0 Å². The van der Waals surface area contributed by atoms with Crippen LogP contribution < -0.4 is 0 Å². The fourth-order valence-corrected chi connectivity index (χ4v) is 2.23. The van der Waals surface area contributed by atoms with Crippen molar-refractivity contribution in [2.75, 3.05) is 7.11 Å². The molecule has 0 saturated heterocycles. The lowest BCUT2D eigenvalue weighted by Gasteiger charge is -2.21. The zero-order chi connectivity index (χ0) is 14.1. The first-order valence-corrected chi connectivity index (χ1v) is 6.42. The van der Waals surface area contributed by atoms with Crippen molar-refractivity contribution in [2.45, 2.75) is 26.2 Å². The van der Waals surface area contributed by atoms with Crippen molar-refractivity contribution in [3.8, 4) is 0 Å². The zero-order valence-corrected chi connectivity index (χ0v) is 12.9. The highest BCUT2D eigenvalue weighted by Gasteiger charge is 2.23. The van der Waals surface area contributed by atoms with Gasteiger partial charge < -0.3 is 9.84 Å². The van der Waals surface area contributed by atoms with Crippen molar-refractivity contribution >= 4 is 34.5 Å². The molecule has 18 heavy (non-hydrogen) atoms. The third-order valence-corrected chi connectivity index (χ3v) is 3.74. The maximum absolute atomic E-state index is 11.7. The monoisotopic (exact) mass is 362 g/mol. The van der Waals surface area contributed by atoms with Crippen LogP contribution in [-0.2, 0) is 10.2 Å².